The summed E-state index contributed by atoms with van der Waals surface area (Å²) in [5, 5.41) is 5.52. The number of benzene rings is 2. The molecule has 0 atom stereocenters. The van der Waals surface area contributed by atoms with Gasteiger partial charge < -0.3 is 10.6 Å². The summed E-state index contributed by atoms with van der Waals surface area (Å²) < 4.78 is 1.82. The van der Waals surface area contributed by atoms with Gasteiger partial charge in [0.25, 0.3) is 0 Å². The Kier molecular flexibility index (Phi) is 4.38. The molecule has 0 aliphatic carbocycles. The summed E-state index contributed by atoms with van der Waals surface area (Å²) in [4.78, 5) is 11.8. The monoisotopic (exact) mass is 368 g/mol. The Hall–Kier alpha value is -1.33. The van der Waals surface area contributed by atoms with Gasteiger partial charge >= 0.3 is 6.03 Å². The van der Waals surface area contributed by atoms with Gasteiger partial charge in [0, 0.05) is 14.6 Å². The van der Waals surface area contributed by atoms with Crippen molar-refractivity contribution in [2.24, 2.45) is 0 Å². The molecule has 5 heteroatoms. The molecule has 0 aliphatic heterocycles. The molecular weight excluding hydrogens is 360 g/mol. The first kappa shape index (κ1) is 13.1. The quantitative estimate of drug-likeness (QED) is 0.780. The number of carbonyl (C=O) groups excluding carboxylic acids is 1. The Morgan fingerprint density at radius 2 is 1.56 bits per heavy atom. The van der Waals surface area contributed by atoms with Crippen molar-refractivity contribution in [3.8, 4) is 0 Å². The highest BCUT2D eigenvalue weighted by molar-refractivity contribution is 9.10. The van der Waals surface area contributed by atoms with E-state index in [4.69, 9.17) is 0 Å². The van der Waals surface area contributed by atoms with Crippen LogP contribution >= 0.6 is 31.9 Å². The smallest absolute Gasteiger partial charge is 0.308 e. The van der Waals surface area contributed by atoms with Gasteiger partial charge in [-0.05, 0) is 52.3 Å². The van der Waals surface area contributed by atoms with E-state index in [1.165, 1.54) is 0 Å². The second-order valence-corrected chi connectivity index (χ2v) is 5.34. The maximum atomic E-state index is 11.8. The number of hydrogen-bond donors (Lipinski definition) is 2. The molecule has 0 saturated heterocycles. The molecule has 92 valence electrons. The van der Waals surface area contributed by atoms with E-state index in [1.54, 1.807) is 0 Å². The van der Waals surface area contributed by atoms with Gasteiger partial charge in [-0.25, -0.2) is 4.79 Å². The number of urea groups is 1. The van der Waals surface area contributed by atoms with E-state index in [1.807, 2.05) is 48.5 Å². The molecule has 0 heterocycles. The van der Waals surface area contributed by atoms with Crippen LogP contribution in [0.4, 0.5) is 16.2 Å². The number of hydrogen-bond acceptors (Lipinski definition) is 1. The SMILES string of the molecule is O=C(Nc1ccc(Br)cc1)Nc1ccccc1Br. The van der Waals surface area contributed by atoms with E-state index in [9.17, 15) is 4.79 Å². The summed E-state index contributed by atoms with van der Waals surface area (Å²) in [7, 11) is 0. The molecule has 0 aliphatic rings. The molecule has 0 fully saturated rings. The minimum atomic E-state index is -0.274. The van der Waals surface area contributed by atoms with Crippen molar-refractivity contribution < 1.29 is 4.79 Å². The summed E-state index contributed by atoms with van der Waals surface area (Å²) in [6, 6.07) is 14.6. The molecule has 2 rings (SSSR count). The summed E-state index contributed by atoms with van der Waals surface area (Å²) in [5.41, 5.74) is 1.47. The zero-order valence-electron chi connectivity index (χ0n) is 9.28. The van der Waals surface area contributed by atoms with Crippen LogP contribution in [0.3, 0.4) is 0 Å². The zero-order valence-corrected chi connectivity index (χ0v) is 12.5. The Bertz CT molecular complexity index is 555. The first-order valence-corrected chi connectivity index (χ1v) is 6.82. The van der Waals surface area contributed by atoms with E-state index in [0.29, 0.717) is 0 Å². The third kappa shape index (κ3) is 3.58. The summed E-state index contributed by atoms with van der Waals surface area (Å²) >= 11 is 6.71. The average Bonchev–Trinajstić information content (AvgIpc) is 2.35. The lowest BCUT2D eigenvalue weighted by Crippen LogP contribution is -2.19. The minimum Gasteiger partial charge on any atom is -0.308 e. The van der Waals surface area contributed by atoms with Crippen molar-refractivity contribution >= 4 is 49.3 Å². The molecular formula is C13H10Br2N2O. The highest BCUT2D eigenvalue weighted by Gasteiger charge is 2.04. The maximum absolute atomic E-state index is 11.8. The van der Waals surface area contributed by atoms with Crippen LogP contribution in [0.2, 0.25) is 0 Å². The van der Waals surface area contributed by atoms with Gasteiger partial charge in [0.05, 0.1) is 5.69 Å². The van der Waals surface area contributed by atoms with Crippen molar-refractivity contribution in [3.05, 3.63) is 57.5 Å². The van der Waals surface area contributed by atoms with Gasteiger partial charge in [0.15, 0.2) is 0 Å². The lowest BCUT2D eigenvalue weighted by atomic mass is 10.3. The number of carbonyl (C=O) groups is 1. The number of para-hydroxylation sites is 1. The van der Waals surface area contributed by atoms with Crippen molar-refractivity contribution in [1.29, 1.82) is 0 Å². The van der Waals surface area contributed by atoms with Crippen LogP contribution in [0.5, 0.6) is 0 Å². The van der Waals surface area contributed by atoms with Gasteiger partial charge in [-0.1, -0.05) is 28.1 Å². The third-order valence-corrected chi connectivity index (χ3v) is 3.44. The van der Waals surface area contributed by atoms with Crippen molar-refractivity contribution in [2.45, 2.75) is 0 Å². The van der Waals surface area contributed by atoms with E-state index < -0.39 is 0 Å². The van der Waals surface area contributed by atoms with E-state index >= 15 is 0 Å². The molecule has 0 spiro atoms. The fourth-order valence-electron chi connectivity index (χ4n) is 1.38. The van der Waals surface area contributed by atoms with E-state index in [0.717, 1.165) is 20.3 Å². The summed E-state index contributed by atoms with van der Waals surface area (Å²) in [6.45, 7) is 0. The van der Waals surface area contributed by atoms with Crippen molar-refractivity contribution in [3.63, 3.8) is 0 Å². The number of rotatable bonds is 2. The first-order chi connectivity index (χ1) is 8.65. The number of anilines is 2. The van der Waals surface area contributed by atoms with Gasteiger partial charge in [0.1, 0.15) is 0 Å². The second-order valence-electron chi connectivity index (χ2n) is 3.57. The molecule has 2 aromatic rings. The molecule has 0 saturated carbocycles. The molecule has 0 unspecified atom stereocenters. The highest BCUT2D eigenvalue weighted by Crippen LogP contribution is 2.21. The first-order valence-electron chi connectivity index (χ1n) is 5.23. The standard InChI is InChI=1S/C13H10Br2N2O/c14-9-5-7-10(8-6-9)16-13(18)17-12-4-2-1-3-11(12)15/h1-8H,(H2,16,17,18). The van der Waals surface area contributed by atoms with Crippen LogP contribution < -0.4 is 10.6 Å². The van der Waals surface area contributed by atoms with Gasteiger partial charge in [-0.2, -0.15) is 0 Å². The molecule has 2 aromatic carbocycles. The van der Waals surface area contributed by atoms with Crippen molar-refractivity contribution in [1.82, 2.24) is 0 Å². The van der Waals surface area contributed by atoms with Gasteiger partial charge in [0.2, 0.25) is 0 Å². The Morgan fingerprint density at radius 1 is 0.889 bits per heavy atom. The predicted molar refractivity (Wildman–Crippen MR) is 80.9 cm³/mol. The van der Waals surface area contributed by atoms with Gasteiger partial charge in [-0.3, -0.25) is 0 Å². The van der Waals surface area contributed by atoms with Crippen LogP contribution in [0.1, 0.15) is 0 Å². The Morgan fingerprint density at radius 3 is 2.22 bits per heavy atom. The molecule has 2 N–H and O–H groups in total. The topological polar surface area (TPSA) is 41.1 Å². The highest BCUT2D eigenvalue weighted by atomic mass is 79.9. The lowest BCUT2D eigenvalue weighted by Gasteiger charge is -2.08. The molecule has 2 amide bonds. The lowest BCUT2D eigenvalue weighted by molar-refractivity contribution is 0.262. The average molecular weight is 370 g/mol. The fraction of sp³-hybridized carbons (Fsp3) is 0. The number of nitrogens with one attached hydrogen (secondary N) is 2. The second kappa shape index (κ2) is 6.02. The molecule has 0 radical (unpaired) electrons. The Balaban J connectivity index is 2.01. The predicted octanol–water partition coefficient (Wildman–Crippen LogP) is 4.86. The Labute approximate surface area is 122 Å². The normalized spacial score (nSPS) is 9.89. The zero-order chi connectivity index (χ0) is 13.0. The van der Waals surface area contributed by atoms with Crippen LogP contribution in [-0.2, 0) is 0 Å². The number of halogens is 2. The van der Waals surface area contributed by atoms with Crippen LogP contribution in [0, 0.1) is 0 Å². The summed E-state index contributed by atoms with van der Waals surface area (Å²) in [5.74, 6) is 0. The molecule has 0 bridgehead atoms. The van der Waals surface area contributed by atoms with Crippen LogP contribution in [-0.4, -0.2) is 6.03 Å². The molecule has 18 heavy (non-hydrogen) atoms. The largest absolute Gasteiger partial charge is 0.323 e. The van der Waals surface area contributed by atoms with E-state index in [-0.39, 0.29) is 6.03 Å². The third-order valence-electron chi connectivity index (χ3n) is 2.22. The molecule has 0 aromatic heterocycles. The van der Waals surface area contributed by atoms with Crippen LogP contribution in [0.25, 0.3) is 0 Å². The molecule has 3 nitrogen and oxygen atoms in total. The maximum Gasteiger partial charge on any atom is 0.323 e. The fourth-order valence-corrected chi connectivity index (χ4v) is 2.03. The van der Waals surface area contributed by atoms with Crippen LogP contribution in [0.15, 0.2) is 57.5 Å². The van der Waals surface area contributed by atoms with Gasteiger partial charge in [-0.15, -0.1) is 0 Å². The summed E-state index contributed by atoms with van der Waals surface area (Å²) in [6.07, 6.45) is 0. The number of amides is 2. The van der Waals surface area contributed by atoms with Crippen molar-refractivity contribution in [2.75, 3.05) is 10.6 Å². The minimum absolute atomic E-state index is 0.274. The van der Waals surface area contributed by atoms with E-state index in [2.05, 4.69) is 42.5 Å².